The molecule has 0 radical (unpaired) electrons. The van der Waals surface area contributed by atoms with Gasteiger partial charge in [-0.15, -0.1) is 0 Å². The fraction of sp³-hybridized carbons (Fsp3) is 0.909. The van der Waals surface area contributed by atoms with Crippen molar-refractivity contribution in [1.82, 2.24) is 5.32 Å². The molecule has 2 N–H and O–H groups in total. The third-order valence-electron chi connectivity index (χ3n) is 2.44. The molecule has 0 spiro atoms. The Kier molecular flexibility index (Phi) is 9.07. The molecule has 0 aliphatic carbocycles. The van der Waals surface area contributed by atoms with Gasteiger partial charge in [0.2, 0.25) is 5.91 Å². The second kappa shape index (κ2) is 9.41. The van der Waals surface area contributed by atoms with Gasteiger partial charge in [0.05, 0.1) is 5.75 Å². The highest BCUT2D eigenvalue weighted by Gasteiger charge is 2.05. The molecule has 0 bridgehead atoms. The molecule has 0 rings (SSSR count). The van der Waals surface area contributed by atoms with Crippen molar-refractivity contribution in [2.45, 2.75) is 51.9 Å². The van der Waals surface area contributed by atoms with Gasteiger partial charge in [0.25, 0.3) is 10.1 Å². The fourth-order valence-electron chi connectivity index (χ4n) is 1.47. The molecule has 0 saturated heterocycles. The number of carbonyl (C=O) groups excluding carboxylic acids is 1. The van der Waals surface area contributed by atoms with Gasteiger partial charge in [0.15, 0.2) is 0 Å². The van der Waals surface area contributed by atoms with Gasteiger partial charge in [-0.1, -0.05) is 39.0 Å². The fourth-order valence-corrected chi connectivity index (χ4v) is 1.83. The largest absolute Gasteiger partial charge is 0.355 e. The van der Waals surface area contributed by atoms with Crippen LogP contribution in [-0.4, -0.2) is 31.2 Å². The molecule has 1 amide bonds. The van der Waals surface area contributed by atoms with E-state index < -0.39 is 15.9 Å². The number of nitrogens with one attached hydrogen (secondary N) is 1. The van der Waals surface area contributed by atoms with Crippen LogP contribution in [0.4, 0.5) is 0 Å². The van der Waals surface area contributed by atoms with Crippen LogP contribution in [0.3, 0.4) is 0 Å². The van der Waals surface area contributed by atoms with Crippen LogP contribution in [0.25, 0.3) is 0 Å². The summed E-state index contributed by atoms with van der Waals surface area (Å²) in [5.41, 5.74) is 0. The first-order chi connectivity index (χ1) is 7.95. The SMILES string of the molecule is CCCCCCCCC(=O)NCCS(=O)(=O)O. The zero-order chi connectivity index (χ0) is 13.1. The molecule has 0 saturated carbocycles. The summed E-state index contributed by atoms with van der Waals surface area (Å²) in [7, 11) is -3.97. The number of hydrogen-bond acceptors (Lipinski definition) is 3. The van der Waals surface area contributed by atoms with Crippen LogP contribution in [0.1, 0.15) is 51.9 Å². The molecule has 0 heterocycles. The van der Waals surface area contributed by atoms with Gasteiger partial charge in [-0.2, -0.15) is 8.42 Å². The van der Waals surface area contributed by atoms with E-state index in [0.29, 0.717) is 6.42 Å². The van der Waals surface area contributed by atoms with E-state index in [4.69, 9.17) is 4.55 Å². The minimum absolute atomic E-state index is 0.0203. The Morgan fingerprint density at radius 3 is 2.29 bits per heavy atom. The predicted molar refractivity (Wildman–Crippen MR) is 67.4 cm³/mol. The topological polar surface area (TPSA) is 83.5 Å². The lowest BCUT2D eigenvalue weighted by Crippen LogP contribution is -2.28. The van der Waals surface area contributed by atoms with E-state index in [1.165, 1.54) is 19.3 Å². The lowest BCUT2D eigenvalue weighted by molar-refractivity contribution is -0.121. The maximum Gasteiger partial charge on any atom is 0.266 e. The van der Waals surface area contributed by atoms with Crippen molar-refractivity contribution in [3.8, 4) is 0 Å². The molecule has 0 aliphatic heterocycles. The average Bonchev–Trinajstić information content (AvgIpc) is 2.21. The summed E-state index contributed by atoms with van der Waals surface area (Å²) < 4.78 is 29.2. The quantitative estimate of drug-likeness (QED) is 0.465. The standard InChI is InChI=1S/C11H23NO4S/c1-2-3-4-5-6-7-8-11(13)12-9-10-17(14,15)16/h2-10H2,1H3,(H,12,13)(H,14,15,16). The minimum Gasteiger partial charge on any atom is -0.355 e. The van der Waals surface area contributed by atoms with Gasteiger partial charge in [-0.05, 0) is 6.42 Å². The normalized spacial score (nSPS) is 11.4. The highest BCUT2D eigenvalue weighted by Crippen LogP contribution is 2.06. The van der Waals surface area contributed by atoms with Crippen molar-refractivity contribution in [3.05, 3.63) is 0 Å². The van der Waals surface area contributed by atoms with E-state index in [9.17, 15) is 13.2 Å². The zero-order valence-corrected chi connectivity index (χ0v) is 11.3. The first kappa shape index (κ1) is 16.4. The molecule has 0 atom stereocenters. The molecule has 0 aromatic carbocycles. The molecule has 0 aromatic heterocycles. The van der Waals surface area contributed by atoms with Crippen molar-refractivity contribution in [2.24, 2.45) is 0 Å². The van der Waals surface area contributed by atoms with Crippen molar-refractivity contribution >= 4 is 16.0 Å². The second-order valence-electron chi connectivity index (χ2n) is 4.15. The van der Waals surface area contributed by atoms with Crippen molar-refractivity contribution < 1.29 is 17.8 Å². The van der Waals surface area contributed by atoms with E-state index >= 15 is 0 Å². The van der Waals surface area contributed by atoms with Gasteiger partial charge in [0.1, 0.15) is 0 Å². The third-order valence-corrected chi connectivity index (χ3v) is 3.16. The van der Waals surface area contributed by atoms with Crippen LogP contribution in [0, 0.1) is 0 Å². The molecular weight excluding hydrogens is 242 g/mol. The monoisotopic (exact) mass is 265 g/mol. The lowest BCUT2D eigenvalue weighted by Gasteiger charge is -2.03. The summed E-state index contributed by atoms with van der Waals surface area (Å²) in [5, 5.41) is 2.46. The van der Waals surface area contributed by atoms with Gasteiger partial charge < -0.3 is 5.32 Å². The molecule has 6 heteroatoms. The van der Waals surface area contributed by atoms with E-state index in [1.54, 1.807) is 0 Å². The second-order valence-corrected chi connectivity index (χ2v) is 5.73. The van der Waals surface area contributed by atoms with Crippen molar-refractivity contribution in [2.75, 3.05) is 12.3 Å². The number of unbranched alkanes of at least 4 members (excludes halogenated alkanes) is 5. The first-order valence-corrected chi connectivity index (χ1v) is 7.78. The van der Waals surface area contributed by atoms with Gasteiger partial charge in [-0.3, -0.25) is 9.35 Å². The molecule has 0 aliphatic rings. The summed E-state index contributed by atoms with van der Waals surface area (Å²) in [6.07, 6.45) is 7.09. The van der Waals surface area contributed by atoms with Crippen molar-refractivity contribution in [1.29, 1.82) is 0 Å². The van der Waals surface area contributed by atoms with Crippen molar-refractivity contribution in [3.63, 3.8) is 0 Å². The van der Waals surface area contributed by atoms with Crippen LogP contribution in [-0.2, 0) is 14.9 Å². The third kappa shape index (κ3) is 13.3. The number of amides is 1. The Labute approximate surface area is 104 Å². The summed E-state index contributed by atoms with van der Waals surface area (Å²) in [6, 6.07) is 0. The predicted octanol–water partition coefficient (Wildman–Crippen LogP) is 1.74. The molecule has 17 heavy (non-hydrogen) atoms. The average molecular weight is 265 g/mol. The number of rotatable bonds is 10. The molecule has 102 valence electrons. The van der Waals surface area contributed by atoms with Crippen LogP contribution in [0.15, 0.2) is 0 Å². The summed E-state index contributed by atoms with van der Waals surface area (Å²) in [4.78, 5) is 11.2. The van der Waals surface area contributed by atoms with Crippen LogP contribution < -0.4 is 5.32 Å². The Hall–Kier alpha value is -0.620. The molecule has 5 nitrogen and oxygen atoms in total. The van der Waals surface area contributed by atoms with Gasteiger partial charge >= 0.3 is 0 Å². The molecule has 0 unspecified atom stereocenters. The minimum atomic E-state index is -3.97. The summed E-state index contributed by atoms with van der Waals surface area (Å²) >= 11 is 0. The highest BCUT2D eigenvalue weighted by atomic mass is 32.2. The maximum absolute atomic E-state index is 11.2. The zero-order valence-electron chi connectivity index (χ0n) is 10.4. The molecular formula is C11H23NO4S. The number of carbonyl (C=O) groups is 1. The molecule has 0 aromatic rings. The first-order valence-electron chi connectivity index (χ1n) is 6.17. The molecule has 0 fully saturated rings. The lowest BCUT2D eigenvalue weighted by atomic mass is 10.1. The number of hydrogen-bond donors (Lipinski definition) is 2. The Balaban J connectivity index is 3.35. The Morgan fingerprint density at radius 2 is 1.71 bits per heavy atom. The van der Waals surface area contributed by atoms with E-state index in [2.05, 4.69) is 12.2 Å². The van der Waals surface area contributed by atoms with Crippen LogP contribution >= 0.6 is 0 Å². The maximum atomic E-state index is 11.2. The van der Waals surface area contributed by atoms with E-state index in [1.807, 2.05) is 0 Å². The Bertz CT molecular complexity index is 301. The van der Waals surface area contributed by atoms with E-state index in [-0.39, 0.29) is 12.5 Å². The van der Waals surface area contributed by atoms with Crippen LogP contribution in [0.5, 0.6) is 0 Å². The smallest absolute Gasteiger partial charge is 0.266 e. The summed E-state index contributed by atoms with van der Waals surface area (Å²) in [6.45, 7) is 2.14. The highest BCUT2D eigenvalue weighted by molar-refractivity contribution is 7.85. The van der Waals surface area contributed by atoms with Crippen LogP contribution in [0.2, 0.25) is 0 Å². The Morgan fingerprint density at radius 1 is 1.12 bits per heavy atom. The van der Waals surface area contributed by atoms with E-state index in [0.717, 1.165) is 19.3 Å². The van der Waals surface area contributed by atoms with Gasteiger partial charge in [0, 0.05) is 13.0 Å². The van der Waals surface area contributed by atoms with Gasteiger partial charge in [-0.25, -0.2) is 0 Å². The summed E-state index contributed by atoms with van der Waals surface area (Å²) in [5.74, 6) is -0.570.